The van der Waals surface area contributed by atoms with E-state index in [2.05, 4.69) is 5.32 Å². The Kier molecular flexibility index (Phi) is 4.71. The van der Waals surface area contributed by atoms with E-state index in [0.29, 0.717) is 12.2 Å². The Morgan fingerprint density at radius 2 is 2.06 bits per heavy atom. The number of nitrogens with one attached hydrogen (secondary N) is 1. The lowest BCUT2D eigenvalue weighted by molar-refractivity contribution is 0.0698. The normalized spacial score (nSPS) is 10.2. The zero-order valence-electron chi connectivity index (χ0n) is 10.7. The van der Waals surface area contributed by atoms with Crippen LogP contribution >= 0.6 is 0 Å². The molecule has 0 spiro atoms. The maximum Gasteiger partial charge on any atom is 0.411 e. The first-order valence-electron chi connectivity index (χ1n) is 5.68. The molecule has 0 atom stereocenters. The molecule has 1 aromatic rings. The molecule has 1 rings (SSSR count). The molecular weight excluding hydrogens is 234 g/mol. The summed E-state index contributed by atoms with van der Waals surface area (Å²) in [4.78, 5) is 22.5. The van der Waals surface area contributed by atoms with Gasteiger partial charge < -0.3 is 9.84 Å². The fourth-order valence-corrected chi connectivity index (χ4v) is 1.39. The highest BCUT2D eigenvalue weighted by molar-refractivity contribution is 5.99. The molecule has 0 aromatic heterocycles. The number of ether oxygens (including phenoxy) is 1. The van der Waals surface area contributed by atoms with Crippen LogP contribution in [0.4, 0.5) is 10.5 Å². The Hall–Kier alpha value is -2.04. The molecule has 0 unspecified atom stereocenters. The molecule has 0 aliphatic heterocycles. The van der Waals surface area contributed by atoms with Crippen molar-refractivity contribution in [3.05, 3.63) is 29.3 Å². The minimum absolute atomic E-state index is 0.0523. The van der Waals surface area contributed by atoms with Crippen LogP contribution in [-0.2, 0) is 4.74 Å². The highest BCUT2D eigenvalue weighted by Gasteiger charge is 2.15. The number of benzene rings is 1. The van der Waals surface area contributed by atoms with Gasteiger partial charge in [0.05, 0.1) is 17.9 Å². The van der Waals surface area contributed by atoms with Crippen molar-refractivity contribution >= 4 is 17.7 Å². The third-order valence-corrected chi connectivity index (χ3v) is 2.28. The number of hydrogen-bond donors (Lipinski definition) is 2. The van der Waals surface area contributed by atoms with Gasteiger partial charge in [-0.2, -0.15) is 0 Å². The van der Waals surface area contributed by atoms with Crippen LogP contribution in [0.1, 0.15) is 29.8 Å². The second kappa shape index (κ2) is 6.05. The minimum atomic E-state index is -1.09. The van der Waals surface area contributed by atoms with Crippen molar-refractivity contribution in [3.63, 3.8) is 0 Å². The molecule has 5 nitrogen and oxygen atoms in total. The second-order valence-corrected chi connectivity index (χ2v) is 4.42. The number of carbonyl (C=O) groups excluding carboxylic acids is 1. The number of aryl methyl sites for hydroxylation is 1. The summed E-state index contributed by atoms with van der Waals surface area (Å²) < 4.78 is 4.95. The Morgan fingerprint density at radius 3 is 2.61 bits per heavy atom. The van der Waals surface area contributed by atoms with Gasteiger partial charge in [-0.25, -0.2) is 9.59 Å². The average molecular weight is 251 g/mol. The van der Waals surface area contributed by atoms with Crippen molar-refractivity contribution in [3.8, 4) is 0 Å². The van der Waals surface area contributed by atoms with E-state index in [1.54, 1.807) is 19.1 Å². The highest BCUT2D eigenvalue weighted by Crippen LogP contribution is 2.20. The Bertz CT molecular complexity index is 454. The zero-order chi connectivity index (χ0) is 13.7. The van der Waals surface area contributed by atoms with Gasteiger partial charge in [0.15, 0.2) is 0 Å². The lowest BCUT2D eigenvalue weighted by atomic mass is 10.1. The number of aromatic carboxylic acids is 1. The summed E-state index contributed by atoms with van der Waals surface area (Å²) in [6, 6.07) is 4.79. The van der Waals surface area contributed by atoms with Crippen molar-refractivity contribution in [2.24, 2.45) is 5.92 Å². The van der Waals surface area contributed by atoms with Crippen LogP contribution in [-0.4, -0.2) is 23.8 Å². The lowest BCUT2D eigenvalue weighted by Crippen LogP contribution is -2.19. The lowest BCUT2D eigenvalue weighted by Gasteiger charge is -2.12. The number of carboxylic acid groups (broad SMARTS) is 1. The van der Waals surface area contributed by atoms with E-state index >= 15 is 0 Å². The summed E-state index contributed by atoms with van der Waals surface area (Å²) in [7, 11) is 0. The van der Waals surface area contributed by atoms with Gasteiger partial charge in [-0.05, 0) is 24.5 Å². The fraction of sp³-hybridized carbons (Fsp3) is 0.385. The summed E-state index contributed by atoms with van der Waals surface area (Å²) >= 11 is 0. The largest absolute Gasteiger partial charge is 0.478 e. The van der Waals surface area contributed by atoms with Crippen LogP contribution in [0.25, 0.3) is 0 Å². The van der Waals surface area contributed by atoms with Crippen molar-refractivity contribution in [1.29, 1.82) is 0 Å². The van der Waals surface area contributed by atoms with Crippen LogP contribution in [0.2, 0.25) is 0 Å². The Morgan fingerprint density at radius 1 is 1.39 bits per heavy atom. The van der Waals surface area contributed by atoms with Crippen molar-refractivity contribution in [1.82, 2.24) is 0 Å². The van der Waals surface area contributed by atoms with Crippen LogP contribution in [0.5, 0.6) is 0 Å². The smallest absolute Gasteiger partial charge is 0.411 e. The summed E-state index contributed by atoms with van der Waals surface area (Å²) in [5, 5.41) is 11.5. The molecular formula is C13H17NO4. The molecule has 0 radical (unpaired) electrons. The molecule has 0 saturated carbocycles. The second-order valence-electron chi connectivity index (χ2n) is 4.42. The number of hydrogen-bond acceptors (Lipinski definition) is 3. The van der Waals surface area contributed by atoms with Crippen LogP contribution in [0, 0.1) is 12.8 Å². The van der Waals surface area contributed by atoms with Gasteiger partial charge in [-0.1, -0.05) is 26.0 Å². The average Bonchev–Trinajstić information content (AvgIpc) is 2.28. The van der Waals surface area contributed by atoms with E-state index in [-0.39, 0.29) is 17.2 Å². The molecule has 0 aliphatic carbocycles. The number of para-hydroxylation sites is 1. The van der Waals surface area contributed by atoms with Crippen LogP contribution in [0.3, 0.4) is 0 Å². The first-order valence-corrected chi connectivity index (χ1v) is 5.68. The molecule has 0 aliphatic rings. The Labute approximate surface area is 106 Å². The van der Waals surface area contributed by atoms with E-state index in [0.717, 1.165) is 0 Å². The van der Waals surface area contributed by atoms with E-state index in [9.17, 15) is 9.59 Å². The van der Waals surface area contributed by atoms with E-state index < -0.39 is 12.1 Å². The quantitative estimate of drug-likeness (QED) is 0.862. The number of carbonyl (C=O) groups is 2. The molecule has 98 valence electrons. The fourth-order valence-electron chi connectivity index (χ4n) is 1.39. The summed E-state index contributed by atoms with van der Waals surface area (Å²) in [6.45, 7) is 5.86. The molecule has 0 heterocycles. The van der Waals surface area contributed by atoms with Crippen molar-refractivity contribution in [2.45, 2.75) is 20.8 Å². The first kappa shape index (κ1) is 14.0. The Balaban J connectivity index is 2.83. The van der Waals surface area contributed by atoms with Gasteiger partial charge in [0, 0.05) is 0 Å². The summed E-state index contributed by atoms with van der Waals surface area (Å²) in [5.41, 5.74) is 1.01. The molecule has 1 aromatic carbocycles. The van der Waals surface area contributed by atoms with Gasteiger partial charge >= 0.3 is 12.1 Å². The molecule has 2 N–H and O–H groups in total. The predicted molar refractivity (Wildman–Crippen MR) is 67.9 cm³/mol. The maximum atomic E-state index is 11.5. The number of anilines is 1. The molecule has 18 heavy (non-hydrogen) atoms. The highest BCUT2D eigenvalue weighted by atomic mass is 16.5. The monoisotopic (exact) mass is 251 g/mol. The number of amides is 1. The predicted octanol–water partition coefficient (Wildman–Crippen LogP) is 2.90. The van der Waals surface area contributed by atoms with Crippen LogP contribution < -0.4 is 5.32 Å². The SMILES string of the molecule is Cc1cccc(C(=O)O)c1NC(=O)OCC(C)C. The van der Waals surface area contributed by atoms with E-state index in [4.69, 9.17) is 9.84 Å². The number of carboxylic acids is 1. The molecule has 5 heteroatoms. The van der Waals surface area contributed by atoms with Gasteiger partial charge in [-0.15, -0.1) is 0 Å². The van der Waals surface area contributed by atoms with Gasteiger partial charge in [-0.3, -0.25) is 5.32 Å². The maximum absolute atomic E-state index is 11.5. The van der Waals surface area contributed by atoms with Crippen molar-refractivity contribution < 1.29 is 19.4 Å². The molecule has 0 fully saturated rings. The zero-order valence-corrected chi connectivity index (χ0v) is 10.7. The topological polar surface area (TPSA) is 75.6 Å². The number of rotatable bonds is 4. The third-order valence-electron chi connectivity index (χ3n) is 2.28. The van der Waals surface area contributed by atoms with Gasteiger partial charge in [0.1, 0.15) is 0 Å². The first-order chi connectivity index (χ1) is 8.41. The molecule has 0 saturated heterocycles. The summed E-state index contributed by atoms with van der Waals surface area (Å²) in [6.07, 6.45) is -0.638. The van der Waals surface area contributed by atoms with Gasteiger partial charge in [0.2, 0.25) is 0 Å². The van der Waals surface area contributed by atoms with E-state index in [1.165, 1.54) is 6.07 Å². The van der Waals surface area contributed by atoms with Crippen LogP contribution in [0.15, 0.2) is 18.2 Å². The van der Waals surface area contributed by atoms with E-state index in [1.807, 2.05) is 13.8 Å². The third kappa shape index (κ3) is 3.76. The molecule has 1 amide bonds. The van der Waals surface area contributed by atoms with Gasteiger partial charge in [0.25, 0.3) is 0 Å². The summed E-state index contributed by atoms with van der Waals surface area (Å²) in [5.74, 6) is -0.857. The molecule has 0 bridgehead atoms. The minimum Gasteiger partial charge on any atom is -0.478 e. The van der Waals surface area contributed by atoms with Crippen molar-refractivity contribution in [2.75, 3.05) is 11.9 Å². The standard InChI is InChI=1S/C13H17NO4/c1-8(2)7-18-13(17)14-11-9(3)5-4-6-10(11)12(15)16/h4-6,8H,7H2,1-3H3,(H,14,17)(H,15,16).